The Morgan fingerprint density at radius 2 is 2.12 bits per heavy atom. The molecule has 0 aliphatic heterocycles. The first kappa shape index (κ1) is 17.9. The number of halogens is 1. The lowest BCUT2D eigenvalue weighted by Gasteiger charge is -2.08. The van der Waals surface area contributed by atoms with Crippen molar-refractivity contribution in [3.8, 4) is 5.75 Å². The van der Waals surface area contributed by atoms with Gasteiger partial charge in [-0.05, 0) is 64.0 Å². The minimum Gasteiger partial charge on any atom is -0.487 e. The topological polar surface area (TPSA) is 64.4 Å². The lowest BCUT2D eigenvalue weighted by Crippen LogP contribution is -2.20. The molecule has 26 heavy (non-hydrogen) atoms. The van der Waals surface area contributed by atoms with Crippen molar-refractivity contribution in [3.05, 3.63) is 88.6 Å². The Bertz CT molecular complexity index is 891. The summed E-state index contributed by atoms with van der Waals surface area (Å²) in [5, 5.41) is 2.83. The quantitative estimate of drug-likeness (QED) is 0.586. The van der Waals surface area contributed by atoms with Crippen LogP contribution in [0.5, 0.6) is 5.75 Å². The minimum atomic E-state index is -0.197. The first-order chi connectivity index (χ1) is 12.7. The normalized spacial score (nSPS) is 10.8. The predicted octanol–water partition coefficient (Wildman–Crippen LogP) is 4.35. The Balaban J connectivity index is 1.50. The van der Waals surface area contributed by atoms with E-state index in [0.717, 1.165) is 17.0 Å². The van der Waals surface area contributed by atoms with Crippen LogP contribution >= 0.6 is 15.9 Å². The van der Waals surface area contributed by atoms with Gasteiger partial charge in [0.15, 0.2) is 4.67 Å². The molecule has 1 amide bonds. The molecule has 1 aromatic carbocycles. The number of rotatable bonds is 7. The van der Waals surface area contributed by atoms with Crippen LogP contribution in [0.1, 0.15) is 17.0 Å². The fraction of sp³-hybridized carbons (Fsp3) is 0.100. The number of carbonyl (C=O) groups is 1. The molecule has 0 unspecified atom stereocenters. The maximum atomic E-state index is 11.9. The molecule has 0 bridgehead atoms. The number of amides is 1. The number of nitrogens with one attached hydrogen (secondary N) is 1. The standard InChI is InChI=1S/C20H17BrN2O3/c21-19-9-7-17(26-19)8-10-20(24)23-13-15-4-3-6-18(12-15)25-14-16-5-1-2-11-22-16/h1-12H,13-14H2,(H,23,24)/b10-8+. The number of pyridine rings is 1. The molecule has 0 aliphatic rings. The monoisotopic (exact) mass is 412 g/mol. The molecular formula is C20H17BrN2O3. The van der Waals surface area contributed by atoms with Crippen molar-refractivity contribution in [2.45, 2.75) is 13.2 Å². The van der Waals surface area contributed by atoms with E-state index in [0.29, 0.717) is 23.6 Å². The number of ether oxygens (including phenoxy) is 1. The SMILES string of the molecule is O=C(/C=C/c1ccc(Br)o1)NCc1cccc(OCc2ccccn2)c1. The van der Waals surface area contributed by atoms with Gasteiger partial charge in [-0.2, -0.15) is 0 Å². The fourth-order valence-corrected chi connectivity index (χ4v) is 2.53. The Hall–Kier alpha value is -2.86. The molecule has 5 nitrogen and oxygen atoms in total. The van der Waals surface area contributed by atoms with E-state index >= 15 is 0 Å². The minimum absolute atomic E-state index is 0.197. The summed E-state index contributed by atoms with van der Waals surface area (Å²) >= 11 is 3.22. The van der Waals surface area contributed by atoms with Crippen LogP contribution in [0.2, 0.25) is 0 Å². The van der Waals surface area contributed by atoms with E-state index in [-0.39, 0.29) is 5.91 Å². The van der Waals surface area contributed by atoms with E-state index in [1.807, 2.05) is 42.5 Å². The maximum absolute atomic E-state index is 11.9. The van der Waals surface area contributed by atoms with Crippen molar-refractivity contribution in [1.82, 2.24) is 10.3 Å². The van der Waals surface area contributed by atoms with Crippen LogP contribution in [0.3, 0.4) is 0 Å². The van der Waals surface area contributed by atoms with Crippen molar-refractivity contribution in [2.75, 3.05) is 0 Å². The summed E-state index contributed by atoms with van der Waals surface area (Å²) in [6.45, 7) is 0.809. The van der Waals surface area contributed by atoms with E-state index in [1.54, 1.807) is 24.4 Å². The summed E-state index contributed by atoms with van der Waals surface area (Å²) in [4.78, 5) is 16.1. The molecule has 0 saturated heterocycles. The van der Waals surface area contributed by atoms with Gasteiger partial charge in [-0.3, -0.25) is 9.78 Å². The average Bonchev–Trinajstić information content (AvgIpc) is 3.09. The average molecular weight is 413 g/mol. The Morgan fingerprint density at radius 3 is 2.88 bits per heavy atom. The van der Waals surface area contributed by atoms with Crippen LogP contribution in [0, 0.1) is 0 Å². The third-order valence-electron chi connectivity index (χ3n) is 3.47. The molecule has 0 fully saturated rings. The van der Waals surface area contributed by atoms with Gasteiger partial charge in [0.25, 0.3) is 0 Å². The molecule has 0 saturated carbocycles. The van der Waals surface area contributed by atoms with Crippen molar-refractivity contribution in [3.63, 3.8) is 0 Å². The van der Waals surface area contributed by atoms with Gasteiger partial charge >= 0.3 is 0 Å². The molecule has 2 heterocycles. The van der Waals surface area contributed by atoms with Crippen LogP contribution in [-0.4, -0.2) is 10.9 Å². The highest BCUT2D eigenvalue weighted by atomic mass is 79.9. The van der Waals surface area contributed by atoms with E-state index in [2.05, 4.69) is 26.2 Å². The summed E-state index contributed by atoms with van der Waals surface area (Å²) in [5.74, 6) is 1.15. The third kappa shape index (κ3) is 5.60. The zero-order valence-corrected chi connectivity index (χ0v) is 15.5. The van der Waals surface area contributed by atoms with Crippen LogP contribution in [0.15, 0.2) is 76.0 Å². The molecule has 3 rings (SSSR count). The van der Waals surface area contributed by atoms with Gasteiger partial charge in [-0.25, -0.2) is 0 Å². The van der Waals surface area contributed by atoms with Crippen LogP contribution < -0.4 is 10.1 Å². The van der Waals surface area contributed by atoms with Gasteiger partial charge in [0, 0.05) is 18.8 Å². The molecular weight excluding hydrogens is 396 g/mol. The molecule has 3 aromatic rings. The van der Waals surface area contributed by atoms with Gasteiger partial charge in [0.1, 0.15) is 18.1 Å². The van der Waals surface area contributed by atoms with Crippen LogP contribution in [0.25, 0.3) is 6.08 Å². The lowest BCUT2D eigenvalue weighted by molar-refractivity contribution is -0.116. The first-order valence-electron chi connectivity index (χ1n) is 8.02. The summed E-state index contributed by atoms with van der Waals surface area (Å²) < 4.78 is 11.7. The van der Waals surface area contributed by atoms with Crippen molar-refractivity contribution < 1.29 is 13.9 Å². The lowest BCUT2D eigenvalue weighted by atomic mass is 10.2. The molecule has 6 heteroatoms. The van der Waals surface area contributed by atoms with Gasteiger partial charge in [0.05, 0.1) is 5.69 Å². The number of benzene rings is 1. The molecule has 132 valence electrons. The molecule has 1 N–H and O–H groups in total. The fourth-order valence-electron chi connectivity index (χ4n) is 2.21. The van der Waals surface area contributed by atoms with Gasteiger partial charge in [-0.1, -0.05) is 18.2 Å². The summed E-state index contributed by atoms with van der Waals surface area (Å²) in [6, 6.07) is 16.9. The number of nitrogens with zero attached hydrogens (tertiary/aromatic N) is 1. The smallest absolute Gasteiger partial charge is 0.244 e. The highest BCUT2D eigenvalue weighted by Crippen LogP contribution is 2.16. The van der Waals surface area contributed by atoms with E-state index in [4.69, 9.17) is 9.15 Å². The van der Waals surface area contributed by atoms with E-state index in [1.165, 1.54) is 6.08 Å². The van der Waals surface area contributed by atoms with Gasteiger partial charge in [0.2, 0.25) is 5.91 Å². The second-order valence-corrected chi connectivity index (χ2v) is 6.23. The van der Waals surface area contributed by atoms with Crippen LogP contribution in [-0.2, 0) is 17.9 Å². The van der Waals surface area contributed by atoms with Crippen molar-refractivity contribution in [1.29, 1.82) is 0 Å². The number of carbonyl (C=O) groups excluding carboxylic acids is 1. The summed E-state index contributed by atoms with van der Waals surface area (Å²) in [6.07, 6.45) is 4.79. The number of aromatic nitrogens is 1. The molecule has 0 spiro atoms. The number of hydrogen-bond acceptors (Lipinski definition) is 4. The number of furan rings is 1. The second-order valence-electron chi connectivity index (χ2n) is 5.45. The Morgan fingerprint density at radius 1 is 1.19 bits per heavy atom. The zero-order valence-electron chi connectivity index (χ0n) is 13.9. The van der Waals surface area contributed by atoms with Gasteiger partial charge < -0.3 is 14.5 Å². The van der Waals surface area contributed by atoms with Crippen LogP contribution in [0.4, 0.5) is 0 Å². The Labute approximate surface area is 159 Å². The third-order valence-corrected chi connectivity index (χ3v) is 3.90. The molecule has 0 aliphatic carbocycles. The number of hydrogen-bond donors (Lipinski definition) is 1. The highest BCUT2D eigenvalue weighted by Gasteiger charge is 2.01. The summed E-state index contributed by atoms with van der Waals surface area (Å²) in [7, 11) is 0. The molecule has 0 radical (unpaired) electrons. The highest BCUT2D eigenvalue weighted by molar-refractivity contribution is 9.10. The maximum Gasteiger partial charge on any atom is 0.244 e. The zero-order chi connectivity index (χ0) is 18.2. The molecule has 0 atom stereocenters. The summed E-state index contributed by atoms with van der Waals surface area (Å²) in [5.41, 5.74) is 1.81. The largest absolute Gasteiger partial charge is 0.487 e. The van der Waals surface area contributed by atoms with Gasteiger partial charge in [-0.15, -0.1) is 0 Å². The van der Waals surface area contributed by atoms with E-state index in [9.17, 15) is 4.79 Å². The predicted molar refractivity (Wildman–Crippen MR) is 102 cm³/mol. The first-order valence-corrected chi connectivity index (χ1v) is 8.81. The Kier molecular flexibility index (Phi) is 6.22. The second kappa shape index (κ2) is 9.01. The van der Waals surface area contributed by atoms with Crippen molar-refractivity contribution in [2.24, 2.45) is 0 Å². The molecule has 2 aromatic heterocycles. The van der Waals surface area contributed by atoms with E-state index < -0.39 is 0 Å². The van der Waals surface area contributed by atoms with Crippen molar-refractivity contribution >= 4 is 27.9 Å².